The minimum atomic E-state index is -0.00384. The molecular weight excluding hydrogens is 218 g/mol. The Balaban J connectivity index is 2.17. The molecule has 0 fully saturated rings. The summed E-state index contributed by atoms with van der Waals surface area (Å²) in [4.78, 5) is 13.7. The lowest BCUT2D eigenvalue weighted by atomic mass is 10.2. The molecule has 0 bridgehead atoms. The molecule has 6 heteroatoms. The summed E-state index contributed by atoms with van der Waals surface area (Å²) in [5.41, 5.74) is 1.37. The predicted octanol–water partition coefficient (Wildman–Crippen LogP) is 0.0207. The summed E-state index contributed by atoms with van der Waals surface area (Å²) in [6.45, 7) is 1.45. The summed E-state index contributed by atoms with van der Waals surface area (Å²) in [6, 6.07) is 3.55. The molecule has 0 aliphatic carbocycles. The van der Waals surface area contributed by atoms with E-state index >= 15 is 0 Å². The van der Waals surface area contributed by atoms with Crippen LogP contribution in [0.1, 0.15) is 10.4 Å². The molecule has 2 rings (SSSR count). The summed E-state index contributed by atoms with van der Waals surface area (Å²) < 4.78 is 1.74. The van der Waals surface area contributed by atoms with Gasteiger partial charge in [-0.2, -0.15) is 0 Å². The number of hydrogen-bond acceptors (Lipinski definition) is 4. The standard InChI is InChI=1S/C11H15N5O/c1-12-5-6-15(2)11(17)9-3-4-10-14-13-8-16(10)7-9/h3-4,7-8,12H,5-6H2,1-2H3. The second-order valence-corrected chi connectivity index (χ2v) is 3.84. The SMILES string of the molecule is CNCCN(C)C(=O)c1ccc2nncn2c1. The molecular formula is C11H15N5O. The fourth-order valence-corrected chi connectivity index (χ4v) is 1.56. The Morgan fingerprint density at radius 2 is 2.35 bits per heavy atom. The van der Waals surface area contributed by atoms with Gasteiger partial charge in [0.1, 0.15) is 6.33 Å². The average Bonchev–Trinajstić information content (AvgIpc) is 2.81. The molecule has 0 spiro atoms. The van der Waals surface area contributed by atoms with Crippen LogP contribution in [0.3, 0.4) is 0 Å². The first-order valence-electron chi connectivity index (χ1n) is 5.42. The molecule has 0 aromatic carbocycles. The Morgan fingerprint density at radius 3 is 3.12 bits per heavy atom. The van der Waals surface area contributed by atoms with Crippen LogP contribution in [-0.2, 0) is 0 Å². The predicted molar refractivity (Wildman–Crippen MR) is 63.9 cm³/mol. The summed E-state index contributed by atoms with van der Waals surface area (Å²) in [5, 5.41) is 10.7. The van der Waals surface area contributed by atoms with Crippen LogP contribution in [0.2, 0.25) is 0 Å². The van der Waals surface area contributed by atoms with Crippen LogP contribution in [0.25, 0.3) is 5.65 Å². The van der Waals surface area contributed by atoms with Crippen molar-refractivity contribution in [1.29, 1.82) is 0 Å². The second-order valence-electron chi connectivity index (χ2n) is 3.84. The molecule has 2 aromatic heterocycles. The van der Waals surface area contributed by atoms with Gasteiger partial charge < -0.3 is 10.2 Å². The van der Waals surface area contributed by atoms with Gasteiger partial charge in [0.2, 0.25) is 0 Å². The number of likely N-dealkylation sites (N-methyl/N-ethyl adjacent to an activating group) is 2. The van der Waals surface area contributed by atoms with Gasteiger partial charge in [0.05, 0.1) is 5.56 Å². The van der Waals surface area contributed by atoms with Crippen molar-refractivity contribution in [2.24, 2.45) is 0 Å². The second kappa shape index (κ2) is 4.92. The van der Waals surface area contributed by atoms with Crippen molar-refractivity contribution in [2.45, 2.75) is 0 Å². The summed E-state index contributed by atoms with van der Waals surface area (Å²) in [6.07, 6.45) is 3.33. The van der Waals surface area contributed by atoms with E-state index in [2.05, 4.69) is 15.5 Å². The van der Waals surface area contributed by atoms with Crippen LogP contribution < -0.4 is 5.32 Å². The van der Waals surface area contributed by atoms with Crippen molar-refractivity contribution in [2.75, 3.05) is 27.2 Å². The molecule has 0 radical (unpaired) electrons. The van der Waals surface area contributed by atoms with Crippen LogP contribution in [0.4, 0.5) is 0 Å². The van der Waals surface area contributed by atoms with Gasteiger partial charge in [-0.25, -0.2) is 0 Å². The van der Waals surface area contributed by atoms with Crippen molar-refractivity contribution in [3.63, 3.8) is 0 Å². The van der Waals surface area contributed by atoms with E-state index in [0.29, 0.717) is 12.1 Å². The maximum atomic E-state index is 12.1. The lowest BCUT2D eigenvalue weighted by Gasteiger charge is -2.16. The maximum absolute atomic E-state index is 12.1. The lowest BCUT2D eigenvalue weighted by Crippen LogP contribution is -2.32. The molecule has 0 aliphatic heterocycles. The third kappa shape index (κ3) is 2.42. The number of pyridine rings is 1. The quantitative estimate of drug-likeness (QED) is 0.808. The Kier molecular flexibility index (Phi) is 3.34. The molecule has 6 nitrogen and oxygen atoms in total. The number of carbonyl (C=O) groups is 1. The number of nitrogens with zero attached hydrogens (tertiary/aromatic N) is 4. The topological polar surface area (TPSA) is 62.5 Å². The number of hydrogen-bond donors (Lipinski definition) is 1. The first-order chi connectivity index (χ1) is 8.22. The van der Waals surface area contributed by atoms with E-state index in [-0.39, 0.29) is 5.91 Å². The molecule has 2 aromatic rings. The van der Waals surface area contributed by atoms with Crippen molar-refractivity contribution < 1.29 is 4.79 Å². The lowest BCUT2D eigenvalue weighted by molar-refractivity contribution is 0.0796. The van der Waals surface area contributed by atoms with Crippen molar-refractivity contribution >= 4 is 11.6 Å². The summed E-state index contributed by atoms with van der Waals surface area (Å²) in [7, 11) is 3.65. The highest BCUT2D eigenvalue weighted by Gasteiger charge is 2.11. The van der Waals surface area contributed by atoms with E-state index < -0.39 is 0 Å². The van der Waals surface area contributed by atoms with Gasteiger partial charge in [0.15, 0.2) is 5.65 Å². The van der Waals surface area contributed by atoms with E-state index in [4.69, 9.17) is 0 Å². The van der Waals surface area contributed by atoms with Crippen LogP contribution in [0.15, 0.2) is 24.7 Å². The van der Waals surface area contributed by atoms with Crippen LogP contribution in [-0.4, -0.2) is 52.6 Å². The zero-order chi connectivity index (χ0) is 12.3. The smallest absolute Gasteiger partial charge is 0.255 e. The highest BCUT2D eigenvalue weighted by atomic mass is 16.2. The molecule has 1 amide bonds. The third-order valence-electron chi connectivity index (χ3n) is 2.58. The Morgan fingerprint density at radius 1 is 1.53 bits per heavy atom. The maximum Gasteiger partial charge on any atom is 0.255 e. The van der Waals surface area contributed by atoms with E-state index in [9.17, 15) is 4.79 Å². The fraction of sp³-hybridized carbons (Fsp3) is 0.364. The Labute approximate surface area is 99.3 Å². The van der Waals surface area contributed by atoms with Crippen molar-refractivity contribution in [3.8, 4) is 0 Å². The normalized spacial score (nSPS) is 10.7. The van der Waals surface area contributed by atoms with Gasteiger partial charge in [-0.3, -0.25) is 9.20 Å². The number of nitrogens with one attached hydrogen (secondary N) is 1. The number of amides is 1. The molecule has 17 heavy (non-hydrogen) atoms. The summed E-state index contributed by atoms with van der Waals surface area (Å²) >= 11 is 0. The fourth-order valence-electron chi connectivity index (χ4n) is 1.56. The number of carbonyl (C=O) groups excluding carboxylic acids is 1. The zero-order valence-electron chi connectivity index (χ0n) is 9.92. The van der Waals surface area contributed by atoms with E-state index in [1.807, 2.05) is 7.05 Å². The van der Waals surface area contributed by atoms with Crippen LogP contribution in [0, 0.1) is 0 Å². The molecule has 0 saturated carbocycles. The first kappa shape index (κ1) is 11.5. The molecule has 0 saturated heterocycles. The monoisotopic (exact) mass is 233 g/mol. The molecule has 0 atom stereocenters. The minimum Gasteiger partial charge on any atom is -0.340 e. The molecule has 90 valence electrons. The number of aromatic nitrogens is 3. The van der Waals surface area contributed by atoms with Gasteiger partial charge in [-0.1, -0.05) is 0 Å². The van der Waals surface area contributed by atoms with Gasteiger partial charge >= 0.3 is 0 Å². The van der Waals surface area contributed by atoms with E-state index in [0.717, 1.165) is 12.2 Å². The Hall–Kier alpha value is -1.95. The first-order valence-corrected chi connectivity index (χ1v) is 5.42. The van der Waals surface area contributed by atoms with Gasteiger partial charge in [-0.05, 0) is 19.2 Å². The Bertz CT molecular complexity index is 521. The largest absolute Gasteiger partial charge is 0.340 e. The van der Waals surface area contributed by atoms with Gasteiger partial charge in [0.25, 0.3) is 5.91 Å². The third-order valence-corrected chi connectivity index (χ3v) is 2.58. The van der Waals surface area contributed by atoms with Gasteiger partial charge in [0, 0.05) is 26.3 Å². The minimum absolute atomic E-state index is 0.00384. The molecule has 0 unspecified atom stereocenters. The zero-order valence-corrected chi connectivity index (χ0v) is 9.92. The van der Waals surface area contributed by atoms with E-state index in [1.54, 1.807) is 41.0 Å². The summed E-state index contributed by atoms with van der Waals surface area (Å²) in [5.74, 6) is -0.00384. The van der Waals surface area contributed by atoms with Crippen LogP contribution in [0.5, 0.6) is 0 Å². The van der Waals surface area contributed by atoms with Gasteiger partial charge in [-0.15, -0.1) is 10.2 Å². The molecule has 2 heterocycles. The molecule has 1 N–H and O–H groups in total. The number of rotatable bonds is 4. The highest BCUT2D eigenvalue weighted by molar-refractivity contribution is 5.94. The average molecular weight is 233 g/mol. The van der Waals surface area contributed by atoms with Crippen molar-refractivity contribution in [1.82, 2.24) is 24.8 Å². The van der Waals surface area contributed by atoms with E-state index in [1.165, 1.54) is 0 Å². The van der Waals surface area contributed by atoms with Crippen LogP contribution >= 0.6 is 0 Å². The molecule has 0 aliphatic rings. The van der Waals surface area contributed by atoms with Crippen molar-refractivity contribution in [3.05, 3.63) is 30.2 Å². The number of fused-ring (bicyclic) bond motifs is 1. The highest BCUT2D eigenvalue weighted by Crippen LogP contribution is 2.06.